The van der Waals surface area contributed by atoms with Crippen LogP contribution in [0.1, 0.15) is 62.5 Å². The van der Waals surface area contributed by atoms with Crippen molar-refractivity contribution in [2.75, 3.05) is 0 Å². The van der Waals surface area contributed by atoms with Gasteiger partial charge in [-0.25, -0.2) is 0 Å². The summed E-state index contributed by atoms with van der Waals surface area (Å²) in [6, 6.07) is 5.90. The highest BCUT2D eigenvalue weighted by molar-refractivity contribution is 5.40. The van der Waals surface area contributed by atoms with Crippen molar-refractivity contribution in [3.63, 3.8) is 0 Å². The SMILES string of the molecule is C#CC1(O)CCC2C3CCc4cc(O)ccc4C3CCC21CC. The maximum Gasteiger partial charge on any atom is 0.131 e. The van der Waals surface area contributed by atoms with Crippen LogP contribution in [0.2, 0.25) is 0 Å². The van der Waals surface area contributed by atoms with Gasteiger partial charge in [-0.3, -0.25) is 0 Å². The summed E-state index contributed by atoms with van der Waals surface area (Å²) in [6.07, 6.45) is 12.9. The van der Waals surface area contributed by atoms with Gasteiger partial charge in [0.05, 0.1) is 0 Å². The molecule has 3 aliphatic rings. The summed E-state index contributed by atoms with van der Waals surface area (Å²) in [4.78, 5) is 0. The molecule has 1 aromatic rings. The third kappa shape index (κ3) is 1.86. The lowest BCUT2D eigenvalue weighted by Gasteiger charge is -2.53. The van der Waals surface area contributed by atoms with Crippen molar-refractivity contribution in [2.24, 2.45) is 17.3 Å². The zero-order valence-corrected chi connectivity index (χ0v) is 13.9. The van der Waals surface area contributed by atoms with Gasteiger partial charge in [0.25, 0.3) is 0 Å². The lowest BCUT2D eigenvalue weighted by molar-refractivity contribution is -0.0799. The highest BCUT2D eigenvalue weighted by Gasteiger charge is 2.62. The lowest BCUT2D eigenvalue weighted by atomic mass is 9.52. The maximum atomic E-state index is 11.1. The summed E-state index contributed by atoms with van der Waals surface area (Å²) in [6.45, 7) is 2.20. The Kier molecular flexibility index (Phi) is 3.29. The van der Waals surface area contributed by atoms with E-state index in [1.807, 2.05) is 12.1 Å². The Labute approximate surface area is 138 Å². The highest BCUT2D eigenvalue weighted by atomic mass is 16.3. The third-order valence-corrected chi connectivity index (χ3v) is 7.43. The van der Waals surface area contributed by atoms with Crippen molar-refractivity contribution in [3.05, 3.63) is 29.3 Å². The molecule has 2 saturated carbocycles. The molecule has 2 fully saturated rings. The van der Waals surface area contributed by atoms with E-state index < -0.39 is 5.60 Å². The fourth-order valence-electron chi connectivity index (χ4n) is 6.35. The van der Waals surface area contributed by atoms with Gasteiger partial charge >= 0.3 is 0 Å². The summed E-state index contributed by atoms with van der Waals surface area (Å²) in [5.41, 5.74) is 1.75. The second-order valence-electron chi connectivity index (χ2n) is 7.89. The number of hydrogen-bond donors (Lipinski definition) is 2. The minimum atomic E-state index is -0.910. The number of aliphatic hydroxyl groups is 1. The summed E-state index contributed by atoms with van der Waals surface area (Å²) < 4.78 is 0. The van der Waals surface area contributed by atoms with Crippen LogP contribution in [0.5, 0.6) is 5.75 Å². The molecule has 4 rings (SSSR count). The van der Waals surface area contributed by atoms with Gasteiger partial charge in [-0.2, -0.15) is 0 Å². The fourth-order valence-corrected chi connectivity index (χ4v) is 6.35. The first-order valence-electron chi connectivity index (χ1n) is 9.06. The van der Waals surface area contributed by atoms with Crippen LogP contribution in [0.3, 0.4) is 0 Å². The molecule has 0 radical (unpaired) electrons. The number of aryl methyl sites for hydroxylation is 1. The lowest BCUT2D eigenvalue weighted by Crippen LogP contribution is -2.51. The van der Waals surface area contributed by atoms with Crippen molar-refractivity contribution in [1.82, 2.24) is 0 Å². The Morgan fingerprint density at radius 1 is 1.26 bits per heavy atom. The molecule has 0 heterocycles. The van der Waals surface area contributed by atoms with Crippen LogP contribution in [0.25, 0.3) is 0 Å². The molecule has 3 aliphatic carbocycles. The molecule has 0 amide bonds. The average molecular weight is 310 g/mol. The first-order valence-corrected chi connectivity index (χ1v) is 9.06. The van der Waals surface area contributed by atoms with Crippen molar-refractivity contribution >= 4 is 0 Å². The van der Waals surface area contributed by atoms with E-state index in [2.05, 4.69) is 18.9 Å². The second kappa shape index (κ2) is 5.02. The van der Waals surface area contributed by atoms with Crippen LogP contribution in [-0.2, 0) is 6.42 Å². The van der Waals surface area contributed by atoms with Gasteiger partial charge in [0.15, 0.2) is 0 Å². The molecule has 0 spiro atoms. The number of fused-ring (bicyclic) bond motifs is 5. The van der Waals surface area contributed by atoms with Crippen LogP contribution in [0, 0.1) is 29.6 Å². The van der Waals surface area contributed by atoms with Crippen LogP contribution in [0.15, 0.2) is 18.2 Å². The van der Waals surface area contributed by atoms with E-state index in [0.29, 0.717) is 23.5 Å². The zero-order valence-electron chi connectivity index (χ0n) is 13.9. The predicted octanol–water partition coefficient (Wildman–Crippen LogP) is 4.00. The van der Waals surface area contributed by atoms with E-state index in [0.717, 1.165) is 44.9 Å². The van der Waals surface area contributed by atoms with Crippen molar-refractivity contribution in [3.8, 4) is 18.1 Å². The Morgan fingerprint density at radius 2 is 2.09 bits per heavy atom. The number of benzene rings is 1. The van der Waals surface area contributed by atoms with E-state index in [9.17, 15) is 10.2 Å². The van der Waals surface area contributed by atoms with E-state index >= 15 is 0 Å². The van der Waals surface area contributed by atoms with Gasteiger partial charge in [-0.1, -0.05) is 18.9 Å². The number of aromatic hydroxyl groups is 1. The molecule has 122 valence electrons. The predicted molar refractivity (Wildman–Crippen MR) is 91.1 cm³/mol. The molecule has 0 aliphatic heterocycles. The second-order valence-corrected chi connectivity index (χ2v) is 7.89. The molecule has 23 heavy (non-hydrogen) atoms. The largest absolute Gasteiger partial charge is 0.508 e. The third-order valence-electron chi connectivity index (χ3n) is 7.43. The van der Waals surface area contributed by atoms with Gasteiger partial charge in [0, 0.05) is 5.41 Å². The number of phenols is 1. The molecular formula is C21H26O2. The maximum absolute atomic E-state index is 11.1. The summed E-state index contributed by atoms with van der Waals surface area (Å²) in [5.74, 6) is 4.89. The Hall–Kier alpha value is -1.46. The average Bonchev–Trinajstić information content (AvgIpc) is 2.88. The molecule has 2 N–H and O–H groups in total. The van der Waals surface area contributed by atoms with Gasteiger partial charge in [-0.05, 0) is 86.0 Å². The minimum Gasteiger partial charge on any atom is -0.508 e. The standard InChI is InChI=1S/C21H26O2/c1-3-20-11-9-17-16-8-6-15(22)13-14(16)5-7-18(17)19(20)10-12-21(20,23)4-2/h2,6,8,13,17-19,22-23H,3,5,7,9-12H2,1H3. The quantitative estimate of drug-likeness (QED) is 0.770. The topological polar surface area (TPSA) is 40.5 Å². The van der Waals surface area contributed by atoms with Crippen molar-refractivity contribution in [1.29, 1.82) is 0 Å². The first kappa shape index (κ1) is 15.1. The Balaban J connectivity index is 1.74. The van der Waals surface area contributed by atoms with Crippen LogP contribution < -0.4 is 0 Å². The van der Waals surface area contributed by atoms with Crippen molar-refractivity contribution < 1.29 is 10.2 Å². The number of phenolic OH excluding ortho intramolecular Hbond substituents is 1. The number of rotatable bonds is 1. The molecule has 2 nitrogen and oxygen atoms in total. The van der Waals surface area contributed by atoms with Crippen LogP contribution in [-0.4, -0.2) is 15.8 Å². The number of hydrogen-bond acceptors (Lipinski definition) is 2. The molecule has 0 bridgehead atoms. The van der Waals surface area contributed by atoms with Gasteiger partial charge < -0.3 is 10.2 Å². The Morgan fingerprint density at radius 3 is 2.83 bits per heavy atom. The number of terminal acetylenes is 1. The molecular weight excluding hydrogens is 284 g/mol. The van der Waals surface area contributed by atoms with Gasteiger partial charge in [0.1, 0.15) is 11.4 Å². The first-order chi connectivity index (χ1) is 11.0. The zero-order chi connectivity index (χ0) is 16.2. The van der Waals surface area contributed by atoms with E-state index in [1.165, 1.54) is 11.1 Å². The van der Waals surface area contributed by atoms with Crippen LogP contribution in [0.4, 0.5) is 0 Å². The van der Waals surface area contributed by atoms with E-state index in [1.54, 1.807) is 0 Å². The minimum absolute atomic E-state index is 0.0860. The fraction of sp³-hybridized carbons (Fsp3) is 0.619. The van der Waals surface area contributed by atoms with Crippen LogP contribution >= 0.6 is 0 Å². The molecule has 0 aromatic heterocycles. The smallest absolute Gasteiger partial charge is 0.131 e. The molecule has 0 saturated heterocycles. The Bertz CT molecular complexity index is 673. The summed E-state index contributed by atoms with van der Waals surface area (Å²) >= 11 is 0. The molecule has 1 aromatic carbocycles. The molecule has 5 atom stereocenters. The summed E-state index contributed by atoms with van der Waals surface area (Å²) in [7, 11) is 0. The highest BCUT2D eigenvalue weighted by Crippen LogP contribution is 2.65. The monoisotopic (exact) mass is 310 g/mol. The van der Waals surface area contributed by atoms with E-state index in [4.69, 9.17) is 6.42 Å². The summed E-state index contributed by atoms with van der Waals surface area (Å²) in [5, 5.41) is 20.9. The van der Waals surface area contributed by atoms with Gasteiger partial charge in [-0.15, -0.1) is 6.42 Å². The molecule has 5 unspecified atom stereocenters. The van der Waals surface area contributed by atoms with Crippen molar-refractivity contribution in [2.45, 2.75) is 63.4 Å². The molecule has 2 heteroatoms. The van der Waals surface area contributed by atoms with E-state index in [-0.39, 0.29) is 5.41 Å². The normalized spacial score (nSPS) is 41.5. The van der Waals surface area contributed by atoms with Gasteiger partial charge in [0.2, 0.25) is 0 Å².